The van der Waals surface area contributed by atoms with Crippen molar-refractivity contribution in [2.45, 2.75) is 26.5 Å². The third-order valence-electron chi connectivity index (χ3n) is 2.73. The zero-order chi connectivity index (χ0) is 14.2. The van der Waals surface area contributed by atoms with E-state index < -0.39 is 0 Å². The summed E-state index contributed by atoms with van der Waals surface area (Å²) in [5.41, 5.74) is 1.98. The summed E-state index contributed by atoms with van der Waals surface area (Å²) >= 11 is 3.50. The smallest absolute Gasteiger partial charge is 0.232 e. The molecule has 0 bridgehead atoms. The second kappa shape index (κ2) is 7.97. The molecule has 1 N–H and O–H groups in total. The van der Waals surface area contributed by atoms with E-state index in [-0.39, 0.29) is 0 Å². The molecule has 0 radical (unpaired) electrons. The Kier molecular flexibility index (Phi) is 5.95. The van der Waals surface area contributed by atoms with Gasteiger partial charge in [0.2, 0.25) is 5.88 Å². The Bertz CT molecular complexity index is 548. The van der Waals surface area contributed by atoms with Gasteiger partial charge in [-0.3, -0.25) is 4.98 Å². The van der Waals surface area contributed by atoms with E-state index in [0.717, 1.165) is 28.7 Å². The topological polar surface area (TPSA) is 47.0 Å². The van der Waals surface area contributed by atoms with Gasteiger partial charge >= 0.3 is 0 Å². The van der Waals surface area contributed by atoms with Crippen LogP contribution in [0.4, 0.5) is 0 Å². The molecule has 20 heavy (non-hydrogen) atoms. The summed E-state index contributed by atoms with van der Waals surface area (Å²) in [4.78, 5) is 8.59. The highest BCUT2D eigenvalue weighted by Gasteiger charge is 2.03. The number of halogens is 1. The van der Waals surface area contributed by atoms with Crippen LogP contribution < -0.4 is 10.1 Å². The Morgan fingerprint density at radius 2 is 2.10 bits per heavy atom. The van der Waals surface area contributed by atoms with Crippen molar-refractivity contribution >= 4 is 15.9 Å². The molecular formula is C15H18BrN3O. The molecule has 0 unspecified atom stereocenters. The van der Waals surface area contributed by atoms with E-state index in [1.165, 1.54) is 0 Å². The van der Waals surface area contributed by atoms with Gasteiger partial charge in [-0.2, -0.15) is 0 Å². The molecule has 1 aromatic heterocycles. The fourth-order valence-electron chi connectivity index (χ4n) is 1.70. The minimum Gasteiger partial charge on any atom is -0.472 e. The van der Waals surface area contributed by atoms with Gasteiger partial charge in [-0.05, 0) is 19.0 Å². The number of aromatic nitrogens is 2. The first-order valence-corrected chi connectivity index (χ1v) is 7.46. The lowest BCUT2D eigenvalue weighted by Gasteiger charge is -2.08. The molecule has 1 aromatic carbocycles. The van der Waals surface area contributed by atoms with Crippen molar-refractivity contribution in [1.29, 1.82) is 0 Å². The maximum Gasteiger partial charge on any atom is 0.232 e. The van der Waals surface area contributed by atoms with Gasteiger partial charge in [-0.1, -0.05) is 41.1 Å². The third kappa shape index (κ3) is 4.58. The molecule has 2 aromatic rings. The van der Waals surface area contributed by atoms with Crippen LogP contribution in [-0.4, -0.2) is 16.5 Å². The predicted molar refractivity (Wildman–Crippen MR) is 82.5 cm³/mol. The number of hydrogen-bond acceptors (Lipinski definition) is 4. The van der Waals surface area contributed by atoms with Gasteiger partial charge in [0.25, 0.3) is 0 Å². The average Bonchev–Trinajstić information content (AvgIpc) is 2.47. The fraction of sp³-hybridized carbons (Fsp3) is 0.333. The number of ether oxygens (including phenoxy) is 1. The Hall–Kier alpha value is -1.46. The minimum absolute atomic E-state index is 0.474. The molecule has 0 aliphatic carbocycles. The Labute approximate surface area is 127 Å². The fourth-order valence-corrected chi connectivity index (χ4v) is 2.10. The SMILES string of the molecule is CCCNCc1cncc(OCc2ccccc2Br)n1. The molecule has 1 heterocycles. The lowest BCUT2D eigenvalue weighted by molar-refractivity contribution is 0.290. The summed E-state index contributed by atoms with van der Waals surface area (Å²) in [6.07, 6.45) is 4.50. The number of hydrogen-bond donors (Lipinski definition) is 1. The van der Waals surface area contributed by atoms with Gasteiger partial charge in [-0.15, -0.1) is 0 Å². The minimum atomic E-state index is 0.474. The van der Waals surface area contributed by atoms with Crippen LogP contribution in [0.1, 0.15) is 24.6 Å². The largest absolute Gasteiger partial charge is 0.472 e. The van der Waals surface area contributed by atoms with Gasteiger partial charge in [0.05, 0.1) is 11.9 Å². The van der Waals surface area contributed by atoms with Crippen LogP contribution >= 0.6 is 15.9 Å². The second-order valence-corrected chi connectivity index (χ2v) is 5.26. The standard InChI is InChI=1S/C15H18BrN3O/c1-2-7-17-8-13-9-18-10-15(19-13)20-11-12-5-3-4-6-14(12)16/h3-6,9-10,17H,2,7-8,11H2,1H3. The van der Waals surface area contributed by atoms with Gasteiger partial charge in [0.1, 0.15) is 6.61 Å². The molecule has 0 saturated heterocycles. The van der Waals surface area contributed by atoms with Crippen molar-refractivity contribution in [1.82, 2.24) is 15.3 Å². The van der Waals surface area contributed by atoms with Crippen LogP contribution in [-0.2, 0) is 13.2 Å². The summed E-state index contributed by atoms with van der Waals surface area (Å²) in [6, 6.07) is 7.98. The maximum absolute atomic E-state index is 5.69. The summed E-state index contributed by atoms with van der Waals surface area (Å²) < 4.78 is 6.72. The Balaban J connectivity index is 1.93. The van der Waals surface area contributed by atoms with Gasteiger partial charge in [0, 0.05) is 22.8 Å². The molecule has 0 fully saturated rings. The molecule has 5 heteroatoms. The number of benzene rings is 1. The van der Waals surface area contributed by atoms with Crippen LogP contribution in [0.15, 0.2) is 41.1 Å². The molecule has 106 valence electrons. The Morgan fingerprint density at radius 1 is 1.25 bits per heavy atom. The molecule has 0 atom stereocenters. The van der Waals surface area contributed by atoms with Gasteiger partial charge in [0.15, 0.2) is 0 Å². The lowest BCUT2D eigenvalue weighted by atomic mass is 10.2. The normalized spacial score (nSPS) is 10.5. The number of nitrogens with zero attached hydrogens (tertiary/aromatic N) is 2. The van der Waals surface area contributed by atoms with E-state index in [1.807, 2.05) is 24.3 Å². The molecule has 0 spiro atoms. The molecule has 0 aliphatic heterocycles. The summed E-state index contributed by atoms with van der Waals surface area (Å²) in [7, 11) is 0. The average molecular weight is 336 g/mol. The summed E-state index contributed by atoms with van der Waals surface area (Å²) in [5.74, 6) is 0.552. The van der Waals surface area contributed by atoms with Gasteiger partial charge in [-0.25, -0.2) is 4.98 Å². The van der Waals surface area contributed by atoms with Crippen LogP contribution in [0, 0.1) is 0 Å². The van der Waals surface area contributed by atoms with E-state index in [2.05, 4.69) is 38.1 Å². The first-order valence-electron chi connectivity index (χ1n) is 6.67. The van der Waals surface area contributed by atoms with Crippen molar-refractivity contribution in [2.75, 3.05) is 6.54 Å². The van der Waals surface area contributed by atoms with Crippen molar-refractivity contribution in [3.8, 4) is 5.88 Å². The molecular weight excluding hydrogens is 318 g/mol. The highest BCUT2D eigenvalue weighted by Crippen LogP contribution is 2.17. The first-order chi connectivity index (χ1) is 9.79. The zero-order valence-corrected chi connectivity index (χ0v) is 13.1. The third-order valence-corrected chi connectivity index (χ3v) is 3.50. The molecule has 4 nitrogen and oxygen atoms in total. The Morgan fingerprint density at radius 3 is 2.90 bits per heavy atom. The highest BCUT2D eigenvalue weighted by atomic mass is 79.9. The van der Waals surface area contributed by atoms with E-state index >= 15 is 0 Å². The van der Waals surface area contributed by atoms with Crippen molar-refractivity contribution in [2.24, 2.45) is 0 Å². The van der Waals surface area contributed by atoms with Crippen LogP contribution in [0.5, 0.6) is 5.88 Å². The maximum atomic E-state index is 5.69. The first kappa shape index (κ1) is 14.9. The number of rotatable bonds is 7. The van der Waals surface area contributed by atoms with E-state index in [4.69, 9.17) is 4.74 Å². The van der Waals surface area contributed by atoms with Crippen LogP contribution in [0.2, 0.25) is 0 Å². The summed E-state index contributed by atoms with van der Waals surface area (Å²) in [6.45, 7) is 4.30. The highest BCUT2D eigenvalue weighted by molar-refractivity contribution is 9.10. The second-order valence-electron chi connectivity index (χ2n) is 4.41. The van der Waals surface area contributed by atoms with Crippen LogP contribution in [0.25, 0.3) is 0 Å². The quantitative estimate of drug-likeness (QED) is 0.788. The van der Waals surface area contributed by atoms with Crippen molar-refractivity contribution in [3.05, 3.63) is 52.4 Å². The molecule has 0 amide bonds. The van der Waals surface area contributed by atoms with E-state index in [9.17, 15) is 0 Å². The van der Waals surface area contributed by atoms with Gasteiger partial charge < -0.3 is 10.1 Å². The monoisotopic (exact) mass is 335 g/mol. The lowest BCUT2D eigenvalue weighted by Crippen LogP contribution is -2.15. The predicted octanol–water partition coefficient (Wildman–Crippen LogP) is 3.32. The molecule has 2 rings (SSSR count). The summed E-state index contributed by atoms with van der Waals surface area (Å²) in [5, 5.41) is 3.30. The van der Waals surface area contributed by atoms with Crippen LogP contribution in [0.3, 0.4) is 0 Å². The van der Waals surface area contributed by atoms with E-state index in [1.54, 1.807) is 12.4 Å². The van der Waals surface area contributed by atoms with Crippen molar-refractivity contribution < 1.29 is 4.74 Å². The zero-order valence-electron chi connectivity index (χ0n) is 11.5. The number of nitrogens with one attached hydrogen (secondary N) is 1. The van der Waals surface area contributed by atoms with E-state index in [0.29, 0.717) is 19.0 Å². The van der Waals surface area contributed by atoms with Crippen molar-refractivity contribution in [3.63, 3.8) is 0 Å². The molecule has 0 saturated carbocycles. The molecule has 0 aliphatic rings.